The van der Waals surface area contributed by atoms with Gasteiger partial charge in [0.2, 0.25) is 27.7 Å². The number of hydrogen-bond acceptors (Lipinski definition) is 11. The first-order valence-electron chi connectivity index (χ1n) is 22.8. The Morgan fingerprint density at radius 2 is 1.78 bits per heavy atom. The van der Waals surface area contributed by atoms with Gasteiger partial charge in [-0.3, -0.25) is 23.7 Å². The van der Waals surface area contributed by atoms with Crippen LogP contribution in [0.15, 0.2) is 65.1 Å². The second-order valence-electron chi connectivity index (χ2n) is 19.6. The maximum Gasteiger partial charge on any atom is 0.408 e. The minimum atomic E-state index is -4.02. The number of aromatic nitrogens is 3. The minimum absolute atomic E-state index is 0.0151. The Balaban J connectivity index is 1.12. The molecule has 0 spiro atoms. The Kier molecular flexibility index (Phi) is 12.4. The molecule has 2 saturated carbocycles. The fourth-order valence-electron chi connectivity index (χ4n) is 8.89. The third-order valence-corrected chi connectivity index (χ3v) is 15.1. The Morgan fingerprint density at radius 3 is 2.49 bits per heavy atom. The summed E-state index contributed by atoms with van der Waals surface area (Å²) in [5, 5.41) is 5.71. The van der Waals surface area contributed by atoms with Gasteiger partial charge < -0.3 is 29.4 Å². The number of nitrogens with zero attached hydrogens (tertiary/aromatic N) is 4. The summed E-state index contributed by atoms with van der Waals surface area (Å²) in [6.45, 7) is 12.6. The number of para-hydroxylation sites is 1. The van der Waals surface area contributed by atoms with Crippen LogP contribution in [0.2, 0.25) is 0 Å². The van der Waals surface area contributed by atoms with Crippen LogP contribution in [0.25, 0.3) is 22.5 Å². The number of ether oxygens (including phenoxy) is 2. The Labute approximate surface area is 380 Å². The SMILES string of the molecule is Cc1oc(-c2cccc3c2nc(O[C@@H]2C[C@H]4C(=O)N[C@]5(C(=O)NS(=O)(=O)C6(C)CC6)C[C@H]5/C=C\CCCCC[C@H](NC(=O)OC(C)(C)C)C(=O)N4C2)n3C(C)C)nc1Cc1ccccc1. The smallest absolute Gasteiger partial charge is 0.408 e. The zero-order chi connectivity index (χ0) is 46.5. The number of carbonyl (C=O) groups excluding carboxylic acids is 4. The first kappa shape index (κ1) is 45.8. The summed E-state index contributed by atoms with van der Waals surface area (Å²) < 4.78 is 48.3. The van der Waals surface area contributed by atoms with Crippen LogP contribution in [-0.4, -0.2) is 92.3 Å². The number of rotatable bonds is 10. The Hall–Kier alpha value is -5.71. The molecule has 3 fully saturated rings. The van der Waals surface area contributed by atoms with E-state index in [0.717, 1.165) is 29.6 Å². The maximum absolute atomic E-state index is 14.8. The van der Waals surface area contributed by atoms with Gasteiger partial charge in [-0.1, -0.05) is 61.4 Å². The molecule has 2 aromatic heterocycles. The zero-order valence-corrected chi connectivity index (χ0v) is 39.1. The molecule has 16 nitrogen and oxygen atoms in total. The van der Waals surface area contributed by atoms with Crippen molar-refractivity contribution in [2.75, 3.05) is 6.54 Å². The standard InChI is InChI=1S/C48H61N7O9S/c1-29(2)55-37-22-16-20-34(41-49-36(30(3)62-41)25-31-17-12-11-13-18-31)39(37)51-44(55)63-33-26-38-40(56)52-48(43(58)53-65(60,61)47(7)23-24-47)27-32(48)19-14-9-8-10-15-21-35(42(57)54(38)28-33)50-45(59)64-46(4,5)6/h11-14,16-20,22,29,32-33,35,38H,8-10,15,21,23-28H2,1-7H3,(H,50,59)(H,52,56)(H,53,58)/b19-14-/t32-,33-,35+,38+,48-/m1/s1. The van der Waals surface area contributed by atoms with Gasteiger partial charge in [-0.2, -0.15) is 4.98 Å². The third-order valence-electron chi connectivity index (χ3n) is 13.0. The summed E-state index contributed by atoms with van der Waals surface area (Å²) in [5.74, 6) is -1.29. The number of allylic oxidation sites excluding steroid dienone is 1. The quantitative estimate of drug-likeness (QED) is 0.141. The van der Waals surface area contributed by atoms with Gasteiger partial charge in [-0.15, -0.1) is 0 Å². The van der Waals surface area contributed by atoms with Crippen LogP contribution < -0.4 is 20.1 Å². The van der Waals surface area contributed by atoms with Gasteiger partial charge in [0.05, 0.1) is 28.1 Å². The van der Waals surface area contributed by atoms with E-state index in [2.05, 4.69) is 15.4 Å². The van der Waals surface area contributed by atoms with Crippen LogP contribution in [0.5, 0.6) is 6.01 Å². The summed E-state index contributed by atoms with van der Waals surface area (Å²) in [5.41, 5.74) is 1.59. The van der Waals surface area contributed by atoms with Gasteiger partial charge in [-0.25, -0.2) is 18.2 Å². The van der Waals surface area contributed by atoms with Crippen LogP contribution in [0.4, 0.5) is 4.79 Å². The normalized spacial score (nSPS) is 25.1. The van der Waals surface area contributed by atoms with Gasteiger partial charge in [0.15, 0.2) is 0 Å². The number of nitrogens with one attached hydrogen (secondary N) is 3. The molecule has 5 atom stereocenters. The summed E-state index contributed by atoms with van der Waals surface area (Å²) in [7, 11) is -4.02. The highest BCUT2D eigenvalue weighted by Crippen LogP contribution is 2.48. The van der Waals surface area contributed by atoms with Gasteiger partial charge >= 0.3 is 6.09 Å². The van der Waals surface area contributed by atoms with Gasteiger partial charge in [0.1, 0.15) is 40.6 Å². The molecule has 17 heteroatoms. The van der Waals surface area contributed by atoms with Gasteiger partial charge in [0, 0.05) is 24.8 Å². The molecule has 348 valence electrons. The number of carbonyl (C=O) groups is 4. The lowest BCUT2D eigenvalue weighted by atomic mass is 10.0. The van der Waals surface area contributed by atoms with Crippen LogP contribution in [0, 0.1) is 12.8 Å². The second-order valence-corrected chi connectivity index (χ2v) is 21.8. The highest BCUT2D eigenvalue weighted by molar-refractivity contribution is 7.91. The zero-order valence-electron chi connectivity index (χ0n) is 38.3. The van der Waals surface area contributed by atoms with Crippen molar-refractivity contribution in [3.05, 3.63) is 77.7 Å². The number of amides is 4. The van der Waals surface area contributed by atoms with E-state index in [1.54, 1.807) is 27.7 Å². The highest BCUT2D eigenvalue weighted by Gasteiger charge is 2.63. The van der Waals surface area contributed by atoms with E-state index in [9.17, 15) is 27.6 Å². The highest BCUT2D eigenvalue weighted by atomic mass is 32.2. The molecule has 2 aliphatic carbocycles. The largest absolute Gasteiger partial charge is 0.459 e. The fourth-order valence-corrected chi connectivity index (χ4v) is 10.2. The van der Waals surface area contributed by atoms with Crippen molar-refractivity contribution in [1.29, 1.82) is 0 Å². The van der Waals surface area contributed by atoms with Crippen molar-refractivity contribution >= 4 is 44.9 Å². The lowest BCUT2D eigenvalue weighted by molar-refractivity contribution is -0.141. The average molecular weight is 912 g/mol. The van der Waals surface area contributed by atoms with Crippen LogP contribution >= 0.6 is 0 Å². The van der Waals surface area contributed by atoms with Crippen LogP contribution in [0.1, 0.15) is 122 Å². The molecule has 0 bridgehead atoms. The van der Waals surface area contributed by atoms with E-state index in [0.29, 0.717) is 61.3 Å². The van der Waals surface area contributed by atoms with Gasteiger partial charge in [0.25, 0.3) is 11.9 Å². The lowest BCUT2D eigenvalue weighted by Crippen LogP contribution is -2.58. The number of oxazole rings is 1. The molecule has 0 radical (unpaired) electrons. The molecule has 65 heavy (non-hydrogen) atoms. The number of imidazole rings is 1. The molecule has 4 amide bonds. The summed E-state index contributed by atoms with van der Waals surface area (Å²) in [6, 6.07) is 13.7. The summed E-state index contributed by atoms with van der Waals surface area (Å²) >= 11 is 0. The third kappa shape index (κ3) is 9.66. The van der Waals surface area contributed by atoms with E-state index in [4.69, 9.17) is 23.9 Å². The first-order valence-corrected chi connectivity index (χ1v) is 24.3. The fraction of sp³-hybridized carbons (Fsp3) is 0.542. The molecule has 1 saturated heterocycles. The Morgan fingerprint density at radius 1 is 1.03 bits per heavy atom. The van der Waals surface area contributed by atoms with Crippen LogP contribution in [-0.2, 0) is 35.6 Å². The first-order chi connectivity index (χ1) is 30.8. The number of fused-ring (bicyclic) bond motifs is 3. The topological polar surface area (TPSA) is 204 Å². The maximum atomic E-state index is 14.8. The molecular weight excluding hydrogens is 851 g/mol. The van der Waals surface area contributed by atoms with E-state index in [-0.39, 0.29) is 31.4 Å². The number of hydrogen-bond donors (Lipinski definition) is 3. The molecule has 4 aliphatic rings. The number of sulfonamides is 1. The van der Waals surface area contributed by atoms with Crippen molar-refractivity contribution < 1.29 is 41.5 Å². The van der Waals surface area contributed by atoms with E-state index < -0.39 is 73.8 Å². The van der Waals surface area contributed by atoms with Crippen molar-refractivity contribution in [2.45, 2.75) is 153 Å². The molecule has 0 unspecified atom stereocenters. The van der Waals surface area contributed by atoms with Gasteiger partial charge in [-0.05, 0) is 105 Å². The average Bonchev–Trinajstić information content (AvgIpc) is 3.98. The summed E-state index contributed by atoms with van der Waals surface area (Å²) in [6.07, 6.45) is 7.07. The Bertz CT molecular complexity index is 2610. The molecule has 2 aromatic carbocycles. The molecular formula is C48H61N7O9S. The minimum Gasteiger partial charge on any atom is -0.459 e. The summed E-state index contributed by atoms with van der Waals surface area (Å²) in [4.78, 5) is 68.1. The van der Waals surface area contributed by atoms with E-state index >= 15 is 0 Å². The van der Waals surface area contributed by atoms with E-state index in [1.165, 1.54) is 4.90 Å². The lowest BCUT2D eigenvalue weighted by Gasteiger charge is -2.30. The number of alkyl carbamates (subject to hydrolysis) is 1. The molecule has 2 aliphatic heterocycles. The van der Waals surface area contributed by atoms with Crippen molar-refractivity contribution in [1.82, 2.24) is 34.8 Å². The predicted molar refractivity (Wildman–Crippen MR) is 243 cm³/mol. The number of benzene rings is 2. The molecule has 4 aromatic rings. The van der Waals surface area contributed by atoms with Crippen LogP contribution in [0.3, 0.4) is 0 Å². The second kappa shape index (κ2) is 17.6. The molecule has 3 N–H and O–H groups in total. The predicted octanol–water partition coefficient (Wildman–Crippen LogP) is 6.81. The van der Waals surface area contributed by atoms with Crippen molar-refractivity contribution in [2.24, 2.45) is 5.92 Å². The number of aryl methyl sites for hydroxylation is 1. The van der Waals surface area contributed by atoms with Crippen molar-refractivity contribution in [3.63, 3.8) is 0 Å². The van der Waals surface area contributed by atoms with Crippen molar-refractivity contribution in [3.8, 4) is 17.5 Å². The molecule has 4 heterocycles. The molecule has 8 rings (SSSR count). The monoisotopic (exact) mass is 911 g/mol. The van der Waals surface area contributed by atoms with E-state index in [1.807, 2.05) is 86.0 Å².